The van der Waals surface area contributed by atoms with Gasteiger partial charge in [-0.2, -0.15) is 0 Å². The molecule has 0 aliphatic carbocycles. The van der Waals surface area contributed by atoms with E-state index in [0.717, 1.165) is 45.1 Å². The van der Waals surface area contributed by atoms with Crippen LogP contribution >= 0.6 is 0 Å². The van der Waals surface area contributed by atoms with Crippen molar-refractivity contribution in [3.05, 3.63) is 130 Å². The molecule has 4 aromatic carbocycles. The first-order valence-corrected chi connectivity index (χ1v) is 10.2. The topological polar surface area (TPSA) is 24.7 Å². The van der Waals surface area contributed by atoms with Gasteiger partial charge < -0.3 is 0 Å². The van der Waals surface area contributed by atoms with Gasteiger partial charge in [0.25, 0.3) is 0 Å². The van der Waals surface area contributed by atoms with E-state index in [1.165, 1.54) is 11.1 Å². The van der Waals surface area contributed by atoms with Crippen LogP contribution in [0.2, 0.25) is 0 Å². The lowest BCUT2D eigenvalue weighted by Gasteiger charge is -2.19. The van der Waals surface area contributed by atoms with E-state index in [-0.39, 0.29) is 0 Å². The van der Waals surface area contributed by atoms with Gasteiger partial charge in [0.1, 0.15) is 0 Å². The number of aryl methyl sites for hydroxylation is 2. The average Bonchev–Trinajstić information content (AvgIpc) is 2.77. The summed E-state index contributed by atoms with van der Waals surface area (Å²) in [5.41, 5.74) is 10.5. The van der Waals surface area contributed by atoms with Crippen LogP contribution in [0.5, 0.6) is 0 Å². The lowest BCUT2D eigenvalue weighted by Crippen LogP contribution is -2.10. The van der Waals surface area contributed by atoms with Gasteiger partial charge in [-0.05, 0) is 38.1 Å². The summed E-state index contributed by atoms with van der Waals surface area (Å²) in [4.78, 5) is 10.4. The molecule has 0 fully saturated rings. The Balaban J connectivity index is 1.86. The minimum absolute atomic E-state index is 0.939. The molecule has 2 heteroatoms. The molecular weight excluding hydrogens is 364 g/mol. The van der Waals surface area contributed by atoms with Crippen LogP contribution in [-0.4, -0.2) is 11.4 Å². The van der Waals surface area contributed by atoms with E-state index >= 15 is 0 Å². The van der Waals surface area contributed by atoms with Gasteiger partial charge in [0.05, 0.1) is 22.8 Å². The van der Waals surface area contributed by atoms with Crippen LogP contribution in [0.15, 0.2) is 107 Å². The van der Waals surface area contributed by atoms with Crippen LogP contribution in [0.1, 0.15) is 33.4 Å². The van der Waals surface area contributed by atoms with Gasteiger partial charge >= 0.3 is 0 Å². The van der Waals surface area contributed by atoms with Crippen molar-refractivity contribution in [3.63, 3.8) is 0 Å². The summed E-state index contributed by atoms with van der Waals surface area (Å²) in [6.45, 7) is 4.22. The Morgan fingerprint density at radius 3 is 1.27 bits per heavy atom. The molecule has 0 amide bonds. The third kappa shape index (κ3) is 3.37. The van der Waals surface area contributed by atoms with Crippen LogP contribution in [0.25, 0.3) is 0 Å². The summed E-state index contributed by atoms with van der Waals surface area (Å²) >= 11 is 0. The Kier molecular flexibility index (Phi) is 4.61. The molecule has 0 saturated heterocycles. The molecule has 5 rings (SSSR count). The molecule has 1 aliphatic rings. The van der Waals surface area contributed by atoms with E-state index < -0.39 is 0 Å². The SMILES string of the molecule is Cc1ccc2c(c1)/C(c1ccccc1)=N\c1ccc(C)cc1/C(c1ccccc1)=N\2. The molecule has 1 aliphatic heterocycles. The van der Waals surface area contributed by atoms with Crippen molar-refractivity contribution in [1.82, 2.24) is 0 Å². The summed E-state index contributed by atoms with van der Waals surface area (Å²) < 4.78 is 0. The van der Waals surface area contributed by atoms with Crippen molar-refractivity contribution in [2.45, 2.75) is 13.8 Å². The molecule has 0 radical (unpaired) electrons. The highest BCUT2D eigenvalue weighted by atomic mass is 14.8. The van der Waals surface area contributed by atoms with Crippen LogP contribution in [0.3, 0.4) is 0 Å². The van der Waals surface area contributed by atoms with Crippen molar-refractivity contribution < 1.29 is 0 Å². The largest absolute Gasteiger partial charge is 0.247 e. The normalized spacial score (nSPS) is 16.2. The number of nitrogens with zero attached hydrogens (tertiary/aromatic N) is 2. The van der Waals surface area contributed by atoms with E-state index in [9.17, 15) is 0 Å². The number of rotatable bonds is 2. The maximum absolute atomic E-state index is 5.20. The van der Waals surface area contributed by atoms with E-state index in [4.69, 9.17) is 9.98 Å². The molecule has 0 saturated carbocycles. The molecule has 0 aromatic heterocycles. The van der Waals surface area contributed by atoms with Crippen molar-refractivity contribution in [1.29, 1.82) is 0 Å². The zero-order valence-corrected chi connectivity index (χ0v) is 17.1. The number of fused-ring (bicyclic) bond motifs is 2. The fourth-order valence-corrected chi connectivity index (χ4v) is 3.87. The Labute approximate surface area is 177 Å². The molecule has 1 heterocycles. The van der Waals surface area contributed by atoms with Gasteiger partial charge in [-0.3, -0.25) is 0 Å². The Morgan fingerprint density at radius 2 is 0.867 bits per heavy atom. The second-order valence-electron chi connectivity index (χ2n) is 7.69. The van der Waals surface area contributed by atoms with Crippen molar-refractivity contribution in [2.75, 3.05) is 0 Å². The molecule has 2 nitrogen and oxygen atoms in total. The third-order valence-corrected chi connectivity index (χ3v) is 5.37. The molecule has 0 unspecified atom stereocenters. The van der Waals surface area contributed by atoms with Crippen LogP contribution in [0.4, 0.5) is 11.4 Å². The minimum Gasteiger partial charge on any atom is -0.247 e. The quantitative estimate of drug-likeness (QED) is 0.313. The standard InChI is InChI=1S/C28H22N2/c1-19-13-15-25-23(17-19)27(21-9-5-3-6-10-21)30-26-16-14-20(2)18-24(26)28(29-25)22-11-7-4-8-12-22/h3-18H,1-2H3/b27-23?,28-24?,29-25?,29-28-,30-26?,30-27-. The first-order valence-electron chi connectivity index (χ1n) is 10.2. The summed E-state index contributed by atoms with van der Waals surface area (Å²) in [7, 11) is 0. The van der Waals surface area contributed by atoms with E-state index in [1.807, 2.05) is 12.1 Å². The molecule has 30 heavy (non-hydrogen) atoms. The highest BCUT2D eigenvalue weighted by molar-refractivity contribution is 6.22. The molecule has 0 atom stereocenters. The first-order chi connectivity index (χ1) is 14.7. The van der Waals surface area contributed by atoms with Gasteiger partial charge in [-0.25, -0.2) is 9.98 Å². The van der Waals surface area contributed by atoms with Crippen molar-refractivity contribution in [3.8, 4) is 0 Å². The molecule has 0 spiro atoms. The second kappa shape index (κ2) is 7.57. The van der Waals surface area contributed by atoms with E-state index in [2.05, 4.69) is 98.8 Å². The number of hydrogen-bond acceptors (Lipinski definition) is 2. The van der Waals surface area contributed by atoms with Gasteiger partial charge in [0.15, 0.2) is 0 Å². The van der Waals surface area contributed by atoms with Crippen molar-refractivity contribution in [2.24, 2.45) is 9.98 Å². The number of benzene rings is 4. The molecular formula is C28H22N2. The summed E-state index contributed by atoms with van der Waals surface area (Å²) in [5, 5.41) is 0. The predicted molar refractivity (Wildman–Crippen MR) is 126 cm³/mol. The summed E-state index contributed by atoms with van der Waals surface area (Å²) in [6.07, 6.45) is 0. The summed E-state index contributed by atoms with van der Waals surface area (Å²) in [5.74, 6) is 0. The van der Waals surface area contributed by atoms with Crippen molar-refractivity contribution >= 4 is 22.8 Å². The Morgan fingerprint density at radius 1 is 0.467 bits per heavy atom. The third-order valence-electron chi connectivity index (χ3n) is 5.37. The zero-order valence-electron chi connectivity index (χ0n) is 17.1. The maximum Gasteiger partial charge on any atom is 0.0803 e. The van der Waals surface area contributed by atoms with Gasteiger partial charge in [0.2, 0.25) is 0 Å². The molecule has 0 bridgehead atoms. The first kappa shape index (κ1) is 18.3. The van der Waals surface area contributed by atoms with Crippen LogP contribution in [-0.2, 0) is 0 Å². The minimum atomic E-state index is 0.939. The predicted octanol–water partition coefficient (Wildman–Crippen LogP) is 6.96. The fraction of sp³-hybridized carbons (Fsp3) is 0.0714. The lowest BCUT2D eigenvalue weighted by atomic mass is 9.94. The molecule has 144 valence electrons. The fourth-order valence-electron chi connectivity index (χ4n) is 3.87. The Hall–Kier alpha value is -3.78. The number of aliphatic imine (C=N–C) groups is 2. The smallest absolute Gasteiger partial charge is 0.0803 e. The summed E-state index contributed by atoms with van der Waals surface area (Å²) in [6, 6.07) is 33.6. The number of hydrogen-bond donors (Lipinski definition) is 0. The highest BCUT2D eigenvalue weighted by Crippen LogP contribution is 2.34. The van der Waals surface area contributed by atoms with Crippen LogP contribution in [0, 0.1) is 13.8 Å². The molecule has 0 N–H and O–H groups in total. The Bertz CT molecular complexity index is 1180. The van der Waals surface area contributed by atoms with Crippen LogP contribution < -0.4 is 0 Å². The zero-order chi connectivity index (χ0) is 20.5. The van der Waals surface area contributed by atoms with Gasteiger partial charge in [0, 0.05) is 22.3 Å². The monoisotopic (exact) mass is 386 g/mol. The van der Waals surface area contributed by atoms with Gasteiger partial charge in [-0.1, -0.05) is 83.9 Å². The van der Waals surface area contributed by atoms with E-state index in [1.54, 1.807) is 0 Å². The lowest BCUT2D eigenvalue weighted by molar-refractivity contribution is 1.35. The second-order valence-corrected chi connectivity index (χ2v) is 7.69. The van der Waals surface area contributed by atoms with E-state index in [0.29, 0.717) is 0 Å². The molecule has 4 aromatic rings. The highest BCUT2D eigenvalue weighted by Gasteiger charge is 2.20. The maximum atomic E-state index is 5.20. The average molecular weight is 386 g/mol. The van der Waals surface area contributed by atoms with Gasteiger partial charge in [-0.15, -0.1) is 0 Å².